The van der Waals surface area contributed by atoms with E-state index in [9.17, 15) is 4.79 Å². The van der Waals surface area contributed by atoms with Crippen LogP contribution in [0, 0.1) is 0 Å². The normalized spacial score (nSPS) is 29.9. The molecule has 0 bridgehead atoms. The molecule has 0 aromatic rings. The zero-order valence-electron chi connectivity index (χ0n) is 12.6. The van der Waals surface area contributed by atoms with Crippen molar-refractivity contribution in [3.8, 4) is 0 Å². The Bertz CT molecular complexity index is 303. The van der Waals surface area contributed by atoms with Gasteiger partial charge in [-0.05, 0) is 19.8 Å². The van der Waals surface area contributed by atoms with Crippen molar-refractivity contribution >= 4 is 5.91 Å². The molecular weight excluding hydrogens is 254 g/mol. The van der Waals surface area contributed by atoms with Gasteiger partial charge in [-0.25, -0.2) is 0 Å². The van der Waals surface area contributed by atoms with Crippen LogP contribution in [0.25, 0.3) is 0 Å². The zero-order valence-corrected chi connectivity index (χ0v) is 12.6. The summed E-state index contributed by atoms with van der Waals surface area (Å²) in [6.07, 6.45) is 7.45. The van der Waals surface area contributed by atoms with Gasteiger partial charge in [0, 0.05) is 25.2 Å². The second-order valence-electron chi connectivity index (χ2n) is 6.23. The van der Waals surface area contributed by atoms with Gasteiger partial charge in [0.1, 0.15) is 0 Å². The van der Waals surface area contributed by atoms with Crippen molar-refractivity contribution in [3.05, 3.63) is 0 Å². The third kappa shape index (κ3) is 4.72. The van der Waals surface area contributed by atoms with Gasteiger partial charge >= 0.3 is 0 Å². The standard InChI is InChI=1S/C15H29N3O2/c1-12-11-20-14(8-16)9-18(12)10-15(19)17-13-6-4-2-3-5-7-13/h12-14H,2-11,16H2,1H3,(H,17,19). The predicted octanol–water partition coefficient (Wildman–Crippen LogP) is 0.873. The molecule has 1 amide bonds. The molecule has 1 heterocycles. The van der Waals surface area contributed by atoms with E-state index in [-0.39, 0.29) is 18.1 Å². The number of carbonyl (C=O) groups is 1. The summed E-state index contributed by atoms with van der Waals surface area (Å²) in [4.78, 5) is 14.4. The first-order chi connectivity index (χ1) is 9.69. The van der Waals surface area contributed by atoms with Crippen LogP contribution in [0.1, 0.15) is 45.4 Å². The first-order valence-corrected chi connectivity index (χ1v) is 8.04. The van der Waals surface area contributed by atoms with E-state index in [1.807, 2.05) is 0 Å². The Morgan fingerprint density at radius 3 is 2.65 bits per heavy atom. The minimum Gasteiger partial charge on any atom is -0.374 e. The number of rotatable bonds is 4. The van der Waals surface area contributed by atoms with Gasteiger partial charge < -0.3 is 15.8 Å². The maximum absolute atomic E-state index is 12.2. The first-order valence-electron chi connectivity index (χ1n) is 8.04. The van der Waals surface area contributed by atoms with Gasteiger partial charge in [0.2, 0.25) is 5.91 Å². The highest BCUT2D eigenvalue weighted by molar-refractivity contribution is 5.78. The Morgan fingerprint density at radius 1 is 1.30 bits per heavy atom. The lowest BCUT2D eigenvalue weighted by molar-refractivity contribution is -0.126. The van der Waals surface area contributed by atoms with Gasteiger partial charge in [-0.3, -0.25) is 9.69 Å². The second kappa shape index (κ2) is 7.96. The summed E-state index contributed by atoms with van der Waals surface area (Å²) in [6, 6.07) is 0.671. The van der Waals surface area contributed by atoms with Crippen molar-refractivity contribution in [2.75, 3.05) is 26.2 Å². The van der Waals surface area contributed by atoms with Gasteiger partial charge in [0.25, 0.3) is 0 Å². The zero-order chi connectivity index (χ0) is 14.4. The lowest BCUT2D eigenvalue weighted by Crippen LogP contribution is -2.54. The molecule has 2 aliphatic rings. The molecule has 5 heteroatoms. The average Bonchev–Trinajstić information content (AvgIpc) is 2.70. The van der Waals surface area contributed by atoms with E-state index in [1.165, 1.54) is 25.7 Å². The topological polar surface area (TPSA) is 67.6 Å². The molecule has 1 aliphatic heterocycles. The van der Waals surface area contributed by atoms with Crippen molar-refractivity contribution in [2.45, 2.75) is 63.6 Å². The van der Waals surface area contributed by atoms with Gasteiger partial charge in [0.15, 0.2) is 0 Å². The highest BCUT2D eigenvalue weighted by Crippen LogP contribution is 2.17. The summed E-state index contributed by atoms with van der Waals surface area (Å²) < 4.78 is 5.62. The molecule has 2 rings (SSSR count). The molecule has 1 aliphatic carbocycles. The van der Waals surface area contributed by atoms with E-state index in [2.05, 4.69) is 17.1 Å². The summed E-state index contributed by atoms with van der Waals surface area (Å²) in [6.45, 7) is 4.52. The number of amides is 1. The Hall–Kier alpha value is -0.650. The Balaban J connectivity index is 1.77. The molecule has 0 radical (unpaired) electrons. The van der Waals surface area contributed by atoms with Crippen LogP contribution in [0.2, 0.25) is 0 Å². The minimum absolute atomic E-state index is 0.0666. The molecule has 3 N–H and O–H groups in total. The molecule has 2 atom stereocenters. The van der Waals surface area contributed by atoms with Gasteiger partial charge in [-0.2, -0.15) is 0 Å². The van der Waals surface area contributed by atoms with E-state index in [0.29, 0.717) is 25.7 Å². The van der Waals surface area contributed by atoms with Crippen LogP contribution in [0.3, 0.4) is 0 Å². The molecule has 5 nitrogen and oxygen atoms in total. The summed E-state index contributed by atoms with van der Waals surface area (Å²) in [5, 5.41) is 3.21. The van der Waals surface area contributed by atoms with Crippen LogP contribution in [0.4, 0.5) is 0 Å². The number of hydrogen-bond donors (Lipinski definition) is 2. The van der Waals surface area contributed by atoms with E-state index in [0.717, 1.165) is 19.4 Å². The number of carbonyl (C=O) groups excluding carboxylic acids is 1. The SMILES string of the molecule is CC1COC(CN)CN1CC(=O)NC1CCCCCC1. The van der Waals surface area contributed by atoms with Crippen molar-refractivity contribution in [1.82, 2.24) is 10.2 Å². The molecular formula is C15H29N3O2. The van der Waals surface area contributed by atoms with Crippen LogP contribution in [0.15, 0.2) is 0 Å². The summed E-state index contributed by atoms with van der Waals surface area (Å²) in [5.74, 6) is 0.154. The summed E-state index contributed by atoms with van der Waals surface area (Å²) in [5.41, 5.74) is 5.66. The molecule has 0 aromatic heterocycles. The van der Waals surface area contributed by atoms with Crippen LogP contribution < -0.4 is 11.1 Å². The van der Waals surface area contributed by atoms with E-state index in [1.54, 1.807) is 0 Å². The Labute approximate surface area is 122 Å². The van der Waals surface area contributed by atoms with Crippen LogP contribution in [-0.2, 0) is 9.53 Å². The highest BCUT2D eigenvalue weighted by atomic mass is 16.5. The molecule has 0 spiro atoms. The van der Waals surface area contributed by atoms with Crippen molar-refractivity contribution < 1.29 is 9.53 Å². The fourth-order valence-corrected chi connectivity index (χ4v) is 3.12. The smallest absolute Gasteiger partial charge is 0.234 e. The fourth-order valence-electron chi connectivity index (χ4n) is 3.12. The molecule has 2 unspecified atom stereocenters. The highest BCUT2D eigenvalue weighted by Gasteiger charge is 2.27. The summed E-state index contributed by atoms with van der Waals surface area (Å²) in [7, 11) is 0. The number of ether oxygens (including phenoxy) is 1. The molecule has 1 saturated heterocycles. The van der Waals surface area contributed by atoms with Crippen LogP contribution in [-0.4, -0.2) is 55.2 Å². The maximum atomic E-state index is 12.2. The summed E-state index contributed by atoms with van der Waals surface area (Å²) >= 11 is 0. The number of nitrogens with two attached hydrogens (primary N) is 1. The van der Waals surface area contributed by atoms with Crippen LogP contribution >= 0.6 is 0 Å². The van der Waals surface area contributed by atoms with Crippen molar-refractivity contribution in [3.63, 3.8) is 0 Å². The molecule has 116 valence electrons. The maximum Gasteiger partial charge on any atom is 0.234 e. The second-order valence-corrected chi connectivity index (χ2v) is 6.23. The number of nitrogens with one attached hydrogen (secondary N) is 1. The van der Waals surface area contributed by atoms with E-state index < -0.39 is 0 Å². The quantitative estimate of drug-likeness (QED) is 0.751. The number of nitrogens with zero attached hydrogens (tertiary/aromatic N) is 1. The Morgan fingerprint density at radius 2 is 2.00 bits per heavy atom. The number of morpholine rings is 1. The van der Waals surface area contributed by atoms with Gasteiger partial charge in [-0.15, -0.1) is 0 Å². The van der Waals surface area contributed by atoms with Gasteiger partial charge in [-0.1, -0.05) is 25.7 Å². The van der Waals surface area contributed by atoms with Gasteiger partial charge in [0.05, 0.1) is 19.3 Å². The monoisotopic (exact) mass is 283 g/mol. The fraction of sp³-hybridized carbons (Fsp3) is 0.933. The largest absolute Gasteiger partial charge is 0.374 e. The third-order valence-electron chi connectivity index (χ3n) is 4.46. The lowest BCUT2D eigenvalue weighted by Gasteiger charge is -2.37. The number of hydrogen-bond acceptors (Lipinski definition) is 4. The molecule has 1 saturated carbocycles. The van der Waals surface area contributed by atoms with E-state index in [4.69, 9.17) is 10.5 Å². The van der Waals surface area contributed by atoms with Crippen molar-refractivity contribution in [2.24, 2.45) is 5.73 Å². The average molecular weight is 283 g/mol. The first kappa shape index (κ1) is 15.7. The third-order valence-corrected chi connectivity index (χ3v) is 4.46. The Kier molecular flexibility index (Phi) is 6.26. The molecule has 2 fully saturated rings. The predicted molar refractivity (Wildman–Crippen MR) is 79.5 cm³/mol. The van der Waals surface area contributed by atoms with Crippen molar-refractivity contribution in [1.29, 1.82) is 0 Å². The minimum atomic E-state index is 0.0666. The van der Waals surface area contributed by atoms with Crippen LogP contribution in [0.5, 0.6) is 0 Å². The lowest BCUT2D eigenvalue weighted by atomic mass is 10.1. The van der Waals surface area contributed by atoms with E-state index >= 15 is 0 Å². The molecule has 20 heavy (non-hydrogen) atoms. The molecule has 0 aromatic carbocycles.